The zero-order valence-electron chi connectivity index (χ0n) is 18.1. The van der Waals surface area contributed by atoms with Crippen molar-refractivity contribution in [3.8, 4) is 22.4 Å². The van der Waals surface area contributed by atoms with Gasteiger partial charge in [-0.15, -0.1) is 0 Å². The van der Waals surface area contributed by atoms with Crippen LogP contribution in [0.1, 0.15) is 13.8 Å². The van der Waals surface area contributed by atoms with Gasteiger partial charge >= 0.3 is 0 Å². The molecule has 0 atom stereocenters. The number of aryl methyl sites for hydroxylation is 1. The van der Waals surface area contributed by atoms with Gasteiger partial charge in [-0.2, -0.15) is 10.2 Å². The van der Waals surface area contributed by atoms with E-state index in [4.69, 9.17) is 0 Å². The molecule has 5 aromatic rings. The summed E-state index contributed by atoms with van der Waals surface area (Å²) in [6.07, 6.45) is 11.6. The predicted molar refractivity (Wildman–Crippen MR) is 123 cm³/mol. The molecule has 158 valence electrons. The summed E-state index contributed by atoms with van der Waals surface area (Å²) in [4.78, 5) is 15.0. The van der Waals surface area contributed by atoms with E-state index in [1.165, 1.54) is 0 Å². The minimum Gasteiger partial charge on any atom is -0.338 e. The van der Waals surface area contributed by atoms with Crippen LogP contribution < -0.4 is 0 Å². The van der Waals surface area contributed by atoms with Gasteiger partial charge in [-0.3, -0.25) is 14.3 Å². The second-order valence-corrected chi connectivity index (χ2v) is 7.78. The molecule has 0 spiro atoms. The zero-order chi connectivity index (χ0) is 21.4. The summed E-state index contributed by atoms with van der Waals surface area (Å²) in [5, 5.41) is 11.0. The van der Waals surface area contributed by atoms with Gasteiger partial charge in [0.2, 0.25) is 0 Å². The Hall–Kier alpha value is -3.52. The Morgan fingerprint density at radius 1 is 0.871 bits per heavy atom. The molecule has 0 aliphatic rings. The van der Waals surface area contributed by atoms with E-state index in [2.05, 4.69) is 62.2 Å². The van der Waals surface area contributed by atoms with Crippen LogP contribution in [0.2, 0.25) is 0 Å². The summed E-state index contributed by atoms with van der Waals surface area (Å²) in [7, 11) is 1.91. The Morgan fingerprint density at radius 3 is 2.48 bits per heavy atom. The van der Waals surface area contributed by atoms with Crippen LogP contribution in [0, 0.1) is 0 Å². The molecule has 0 saturated carbocycles. The van der Waals surface area contributed by atoms with E-state index in [-0.39, 0.29) is 0 Å². The fourth-order valence-electron chi connectivity index (χ4n) is 3.96. The Bertz CT molecular complexity index is 1340. The molecule has 8 nitrogen and oxygen atoms in total. The second-order valence-electron chi connectivity index (χ2n) is 7.78. The molecule has 5 heterocycles. The number of hydrogen-bond acceptors (Lipinski definition) is 5. The second kappa shape index (κ2) is 7.96. The molecule has 5 rings (SSSR count). The molecular formula is C23H26N8. The SMILES string of the molecule is CCN(CC)CCn1cc(-c2cnc3[nH]c4cnc(-c5cnn(C)c5)cc4c3c2)cn1. The number of pyridine rings is 2. The van der Waals surface area contributed by atoms with Crippen LogP contribution in [0.15, 0.2) is 49.3 Å². The van der Waals surface area contributed by atoms with Gasteiger partial charge in [-0.25, -0.2) is 4.98 Å². The Morgan fingerprint density at radius 2 is 1.71 bits per heavy atom. The summed E-state index contributed by atoms with van der Waals surface area (Å²) in [5.41, 5.74) is 5.86. The molecule has 0 bridgehead atoms. The lowest BCUT2D eigenvalue weighted by Crippen LogP contribution is -2.27. The van der Waals surface area contributed by atoms with Crippen molar-refractivity contribution in [2.24, 2.45) is 7.05 Å². The monoisotopic (exact) mass is 414 g/mol. The quantitative estimate of drug-likeness (QED) is 0.439. The Balaban J connectivity index is 1.48. The minimum absolute atomic E-state index is 0.859. The van der Waals surface area contributed by atoms with Crippen LogP contribution in [0.4, 0.5) is 0 Å². The van der Waals surface area contributed by atoms with Crippen LogP contribution in [0.25, 0.3) is 44.3 Å². The highest BCUT2D eigenvalue weighted by atomic mass is 15.3. The number of fused-ring (bicyclic) bond motifs is 3. The summed E-state index contributed by atoms with van der Waals surface area (Å²) >= 11 is 0. The minimum atomic E-state index is 0.859. The van der Waals surface area contributed by atoms with E-state index < -0.39 is 0 Å². The lowest BCUT2D eigenvalue weighted by molar-refractivity contribution is 0.285. The van der Waals surface area contributed by atoms with Gasteiger partial charge in [0.05, 0.1) is 36.3 Å². The largest absolute Gasteiger partial charge is 0.338 e. The van der Waals surface area contributed by atoms with Gasteiger partial charge in [0.15, 0.2) is 0 Å². The molecule has 0 aromatic carbocycles. The van der Waals surface area contributed by atoms with Crippen LogP contribution in [-0.4, -0.2) is 59.0 Å². The molecular weight excluding hydrogens is 388 g/mol. The first kappa shape index (κ1) is 19.4. The third-order valence-corrected chi connectivity index (χ3v) is 5.84. The molecule has 1 N–H and O–H groups in total. The van der Waals surface area contributed by atoms with E-state index in [1.807, 2.05) is 42.7 Å². The highest BCUT2D eigenvalue weighted by Crippen LogP contribution is 2.30. The third-order valence-electron chi connectivity index (χ3n) is 5.84. The smallest absolute Gasteiger partial charge is 0.138 e. The summed E-state index contributed by atoms with van der Waals surface area (Å²) in [5.74, 6) is 0. The molecule has 0 aliphatic heterocycles. The lowest BCUT2D eigenvalue weighted by Gasteiger charge is -2.17. The summed E-state index contributed by atoms with van der Waals surface area (Å²) < 4.78 is 3.80. The standard InChI is InChI=1S/C23H26N8/c1-4-30(5-2)6-7-31-15-17(11-27-31)16-8-20-19-9-21(18-12-26-29(3)14-18)24-13-22(19)28-23(20)25-10-16/h8-15H,4-7H2,1-3H3,(H,25,28). The van der Waals surface area contributed by atoms with Crippen molar-refractivity contribution >= 4 is 21.9 Å². The number of likely N-dealkylation sites (N-methyl/N-ethyl adjacent to an activating group) is 1. The van der Waals surface area contributed by atoms with Crippen molar-refractivity contribution in [2.45, 2.75) is 20.4 Å². The molecule has 5 aromatic heterocycles. The van der Waals surface area contributed by atoms with Gasteiger partial charge in [0.1, 0.15) is 5.65 Å². The summed E-state index contributed by atoms with van der Waals surface area (Å²) in [6.45, 7) is 8.37. The molecule has 0 fully saturated rings. The molecule has 0 amide bonds. The van der Waals surface area contributed by atoms with Gasteiger partial charge in [-0.1, -0.05) is 13.8 Å². The fraction of sp³-hybridized carbons (Fsp3) is 0.304. The summed E-state index contributed by atoms with van der Waals surface area (Å²) in [6, 6.07) is 4.28. The zero-order valence-corrected chi connectivity index (χ0v) is 18.1. The first-order valence-electron chi connectivity index (χ1n) is 10.7. The molecule has 0 aliphatic carbocycles. The van der Waals surface area contributed by atoms with Crippen LogP contribution in [-0.2, 0) is 13.6 Å². The Kier molecular flexibility index (Phi) is 4.99. The highest BCUT2D eigenvalue weighted by Gasteiger charge is 2.12. The number of nitrogens with one attached hydrogen (secondary N) is 1. The average molecular weight is 415 g/mol. The maximum Gasteiger partial charge on any atom is 0.138 e. The van der Waals surface area contributed by atoms with Crippen LogP contribution >= 0.6 is 0 Å². The number of aromatic amines is 1. The maximum atomic E-state index is 4.67. The van der Waals surface area contributed by atoms with Crippen molar-refractivity contribution in [1.82, 2.24) is 39.4 Å². The van der Waals surface area contributed by atoms with Gasteiger partial charge in [0.25, 0.3) is 0 Å². The van der Waals surface area contributed by atoms with Gasteiger partial charge in [0, 0.05) is 59.6 Å². The van der Waals surface area contributed by atoms with Crippen molar-refractivity contribution in [2.75, 3.05) is 19.6 Å². The van der Waals surface area contributed by atoms with Gasteiger partial charge in [-0.05, 0) is 25.2 Å². The van der Waals surface area contributed by atoms with Crippen LogP contribution in [0.5, 0.6) is 0 Å². The molecule has 0 radical (unpaired) electrons. The molecule has 31 heavy (non-hydrogen) atoms. The van der Waals surface area contributed by atoms with Crippen molar-refractivity contribution in [1.29, 1.82) is 0 Å². The van der Waals surface area contributed by atoms with Crippen molar-refractivity contribution in [3.63, 3.8) is 0 Å². The normalized spacial score (nSPS) is 11.9. The van der Waals surface area contributed by atoms with Crippen LogP contribution in [0.3, 0.4) is 0 Å². The number of H-pyrrole nitrogens is 1. The van der Waals surface area contributed by atoms with E-state index in [0.29, 0.717) is 0 Å². The van der Waals surface area contributed by atoms with E-state index >= 15 is 0 Å². The van der Waals surface area contributed by atoms with Crippen molar-refractivity contribution < 1.29 is 0 Å². The van der Waals surface area contributed by atoms with E-state index in [0.717, 1.165) is 70.5 Å². The number of hydrogen-bond donors (Lipinski definition) is 1. The molecule has 8 heteroatoms. The molecule has 0 unspecified atom stereocenters. The van der Waals surface area contributed by atoms with E-state index in [1.54, 1.807) is 4.68 Å². The number of rotatable bonds is 7. The average Bonchev–Trinajstić information content (AvgIpc) is 3.52. The predicted octanol–water partition coefficient (Wildman–Crippen LogP) is 3.72. The first-order chi connectivity index (χ1) is 15.1. The molecule has 0 saturated heterocycles. The maximum absolute atomic E-state index is 4.67. The third kappa shape index (κ3) is 3.70. The van der Waals surface area contributed by atoms with Crippen molar-refractivity contribution in [3.05, 3.63) is 49.3 Å². The van der Waals surface area contributed by atoms with Gasteiger partial charge < -0.3 is 9.88 Å². The highest BCUT2D eigenvalue weighted by molar-refractivity contribution is 6.07. The fourth-order valence-corrected chi connectivity index (χ4v) is 3.96. The number of nitrogens with zero attached hydrogens (tertiary/aromatic N) is 7. The number of aromatic nitrogens is 7. The lowest BCUT2D eigenvalue weighted by atomic mass is 10.1. The van der Waals surface area contributed by atoms with E-state index in [9.17, 15) is 0 Å². The first-order valence-corrected chi connectivity index (χ1v) is 10.7. The Labute approximate surface area is 180 Å². The topological polar surface area (TPSA) is 80.5 Å².